The Morgan fingerprint density at radius 1 is 1.12 bits per heavy atom. The zero-order chi connectivity index (χ0) is 18.1. The van der Waals surface area contributed by atoms with Crippen LogP contribution in [0, 0.1) is 5.92 Å². The fraction of sp³-hybridized carbons (Fsp3) is 0.500. The number of hydrogen-bond donors (Lipinski definition) is 1. The SMILES string of the molecule is CCOC(=O)[C@@H](CC(C)C)NC(=O)/C=C/c1ccc(C(C)C)cc1. The molecular formula is C20H29NO3. The number of amides is 1. The summed E-state index contributed by atoms with van der Waals surface area (Å²) in [4.78, 5) is 24.0. The van der Waals surface area contributed by atoms with Crippen molar-refractivity contribution in [2.45, 2.75) is 53.0 Å². The van der Waals surface area contributed by atoms with Crippen LogP contribution in [0.15, 0.2) is 30.3 Å². The van der Waals surface area contributed by atoms with Crippen LogP contribution >= 0.6 is 0 Å². The van der Waals surface area contributed by atoms with Crippen LogP contribution in [0.3, 0.4) is 0 Å². The molecule has 0 saturated carbocycles. The van der Waals surface area contributed by atoms with Crippen LogP contribution in [0.5, 0.6) is 0 Å². The van der Waals surface area contributed by atoms with E-state index in [1.807, 2.05) is 26.0 Å². The molecule has 0 unspecified atom stereocenters. The number of benzene rings is 1. The summed E-state index contributed by atoms with van der Waals surface area (Å²) in [7, 11) is 0. The third-order valence-electron chi connectivity index (χ3n) is 3.63. The fourth-order valence-electron chi connectivity index (χ4n) is 2.31. The Balaban J connectivity index is 2.68. The first-order valence-electron chi connectivity index (χ1n) is 8.58. The maximum absolute atomic E-state index is 12.1. The van der Waals surface area contributed by atoms with Gasteiger partial charge < -0.3 is 10.1 Å². The molecule has 0 spiro atoms. The van der Waals surface area contributed by atoms with Gasteiger partial charge in [-0.05, 0) is 42.4 Å². The van der Waals surface area contributed by atoms with Gasteiger partial charge in [0.25, 0.3) is 0 Å². The zero-order valence-corrected chi connectivity index (χ0v) is 15.3. The average molecular weight is 331 g/mol. The Hall–Kier alpha value is -2.10. The number of rotatable bonds is 8. The maximum Gasteiger partial charge on any atom is 0.328 e. The maximum atomic E-state index is 12.1. The first-order valence-corrected chi connectivity index (χ1v) is 8.58. The molecule has 1 N–H and O–H groups in total. The van der Waals surface area contributed by atoms with E-state index in [-0.39, 0.29) is 17.8 Å². The Bertz CT molecular complexity index is 559. The Morgan fingerprint density at radius 3 is 2.25 bits per heavy atom. The molecule has 0 bridgehead atoms. The summed E-state index contributed by atoms with van der Waals surface area (Å²) in [5, 5.41) is 2.73. The molecule has 4 nitrogen and oxygen atoms in total. The number of carbonyl (C=O) groups excluding carboxylic acids is 2. The van der Waals surface area contributed by atoms with Gasteiger partial charge in [0.15, 0.2) is 0 Å². The topological polar surface area (TPSA) is 55.4 Å². The first kappa shape index (κ1) is 19.9. The molecule has 0 radical (unpaired) electrons. The number of esters is 1. The quantitative estimate of drug-likeness (QED) is 0.580. The second kappa shape index (κ2) is 9.91. The van der Waals surface area contributed by atoms with Crippen molar-refractivity contribution >= 4 is 18.0 Å². The minimum Gasteiger partial charge on any atom is -0.464 e. The Labute approximate surface area is 145 Å². The molecule has 0 saturated heterocycles. The fourth-order valence-corrected chi connectivity index (χ4v) is 2.31. The smallest absolute Gasteiger partial charge is 0.328 e. The Morgan fingerprint density at radius 2 is 1.75 bits per heavy atom. The standard InChI is InChI=1S/C20H29NO3/c1-6-24-20(23)18(13-14(2)3)21-19(22)12-9-16-7-10-17(11-8-16)15(4)5/h7-12,14-15,18H,6,13H2,1-5H3,(H,21,22)/b12-9+/t18-/m1/s1. The van der Waals surface area contributed by atoms with Gasteiger partial charge in [-0.1, -0.05) is 52.0 Å². The van der Waals surface area contributed by atoms with Crippen molar-refractivity contribution in [3.05, 3.63) is 41.5 Å². The zero-order valence-electron chi connectivity index (χ0n) is 15.3. The molecule has 1 aromatic carbocycles. The number of nitrogens with one attached hydrogen (secondary N) is 1. The van der Waals surface area contributed by atoms with Crippen LogP contribution in [0.2, 0.25) is 0 Å². The van der Waals surface area contributed by atoms with E-state index in [4.69, 9.17) is 4.74 Å². The molecule has 0 aromatic heterocycles. The summed E-state index contributed by atoms with van der Waals surface area (Å²) < 4.78 is 5.03. The van der Waals surface area contributed by atoms with Crippen LogP contribution in [0.1, 0.15) is 58.1 Å². The molecule has 1 atom stereocenters. The monoisotopic (exact) mass is 331 g/mol. The van der Waals surface area contributed by atoms with Crippen LogP contribution in [-0.2, 0) is 14.3 Å². The highest BCUT2D eigenvalue weighted by molar-refractivity contribution is 5.94. The summed E-state index contributed by atoms with van der Waals surface area (Å²) in [5.41, 5.74) is 2.21. The summed E-state index contributed by atoms with van der Waals surface area (Å²) in [6.07, 6.45) is 3.76. The van der Waals surface area contributed by atoms with Crippen molar-refractivity contribution in [3.63, 3.8) is 0 Å². The molecule has 1 amide bonds. The molecule has 1 aromatic rings. The van der Waals surface area contributed by atoms with Gasteiger partial charge in [0.1, 0.15) is 6.04 Å². The summed E-state index contributed by atoms with van der Waals surface area (Å²) >= 11 is 0. The van der Waals surface area contributed by atoms with E-state index in [1.165, 1.54) is 11.6 Å². The summed E-state index contributed by atoms with van der Waals surface area (Å²) in [6, 6.07) is 7.47. The average Bonchev–Trinajstić information content (AvgIpc) is 2.52. The predicted molar refractivity (Wildman–Crippen MR) is 97.6 cm³/mol. The highest BCUT2D eigenvalue weighted by atomic mass is 16.5. The molecule has 0 aliphatic carbocycles. The highest BCUT2D eigenvalue weighted by Gasteiger charge is 2.22. The van der Waals surface area contributed by atoms with Gasteiger partial charge in [0, 0.05) is 6.08 Å². The highest BCUT2D eigenvalue weighted by Crippen LogP contribution is 2.15. The van der Waals surface area contributed by atoms with Crippen molar-refractivity contribution in [2.24, 2.45) is 5.92 Å². The van der Waals surface area contributed by atoms with Crippen LogP contribution in [0.4, 0.5) is 0 Å². The lowest BCUT2D eigenvalue weighted by Gasteiger charge is -2.18. The number of ether oxygens (including phenoxy) is 1. The molecule has 1 rings (SSSR count). The van der Waals surface area contributed by atoms with E-state index in [2.05, 4.69) is 31.3 Å². The van der Waals surface area contributed by atoms with Gasteiger partial charge in [-0.3, -0.25) is 4.79 Å². The van der Waals surface area contributed by atoms with Crippen LogP contribution < -0.4 is 5.32 Å². The normalized spacial score (nSPS) is 12.6. The van der Waals surface area contributed by atoms with Gasteiger partial charge in [0.05, 0.1) is 6.61 Å². The second-order valence-electron chi connectivity index (χ2n) is 6.60. The van der Waals surface area contributed by atoms with Crippen molar-refractivity contribution in [1.82, 2.24) is 5.32 Å². The molecule has 132 valence electrons. The van der Waals surface area contributed by atoms with Gasteiger partial charge in [0.2, 0.25) is 5.91 Å². The van der Waals surface area contributed by atoms with Crippen molar-refractivity contribution in [2.75, 3.05) is 6.61 Å². The molecule has 0 aliphatic heterocycles. The number of carbonyl (C=O) groups is 2. The van der Waals surface area contributed by atoms with Gasteiger partial charge in [-0.25, -0.2) is 4.79 Å². The van der Waals surface area contributed by atoms with Crippen molar-refractivity contribution in [3.8, 4) is 0 Å². The van der Waals surface area contributed by atoms with Crippen LogP contribution in [0.25, 0.3) is 6.08 Å². The minimum absolute atomic E-state index is 0.285. The lowest BCUT2D eigenvalue weighted by Crippen LogP contribution is -2.42. The largest absolute Gasteiger partial charge is 0.464 e. The molecule has 0 aliphatic rings. The summed E-state index contributed by atoms with van der Waals surface area (Å²) in [5.74, 6) is 0.0934. The summed E-state index contributed by atoms with van der Waals surface area (Å²) in [6.45, 7) is 10.4. The third-order valence-corrected chi connectivity index (χ3v) is 3.63. The number of hydrogen-bond acceptors (Lipinski definition) is 3. The van der Waals surface area contributed by atoms with Crippen molar-refractivity contribution < 1.29 is 14.3 Å². The van der Waals surface area contributed by atoms with E-state index >= 15 is 0 Å². The minimum atomic E-state index is -0.606. The van der Waals surface area contributed by atoms with Crippen LogP contribution in [-0.4, -0.2) is 24.5 Å². The molecule has 4 heteroatoms. The van der Waals surface area contributed by atoms with E-state index in [0.717, 1.165) is 5.56 Å². The Kier molecular flexibility index (Phi) is 8.24. The van der Waals surface area contributed by atoms with E-state index in [0.29, 0.717) is 18.9 Å². The van der Waals surface area contributed by atoms with E-state index in [1.54, 1.807) is 13.0 Å². The molecule has 24 heavy (non-hydrogen) atoms. The van der Waals surface area contributed by atoms with Crippen molar-refractivity contribution in [1.29, 1.82) is 0 Å². The second-order valence-corrected chi connectivity index (χ2v) is 6.60. The van der Waals surface area contributed by atoms with E-state index < -0.39 is 6.04 Å². The molecule has 0 heterocycles. The predicted octanol–water partition coefficient (Wildman–Crippen LogP) is 3.92. The van der Waals surface area contributed by atoms with Gasteiger partial charge in [-0.15, -0.1) is 0 Å². The lowest BCUT2D eigenvalue weighted by molar-refractivity contribution is -0.147. The molecular weight excluding hydrogens is 302 g/mol. The lowest BCUT2D eigenvalue weighted by atomic mass is 10.0. The van der Waals surface area contributed by atoms with Gasteiger partial charge >= 0.3 is 5.97 Å². The molecule has 0 fully saturated rings. The van der Waals surface area contributed by atoms with Gasteiger partial charge in [-0.2, -0.15) is 0 Å². The third kappa shape index (κ3) is 6.99. The van der Waals surface area contributed by atoms with E-state index in [9.17, 15) is 9.59 Å². The first-order chi connectivity index (χ1) is 11.3.